The van der Waals surface area contributed by atoms with Gasteiger partial charge in [-0.05, 0) is 12.8 Å². The number of rotatable bonds is 6. The van der Waals surface area contributed by atoms with Gasteiger partial charge in [0.1, 0.15) is 0 Å². The predicted octanol–water partition coefficient (Wildman–Crippen LogP) is 1.27. The van der Waals surface area contributed by atoms with Crippen LogP contribution in [0.3, 0.4) is 0 Å². The maximum Gasteiger partial charge on any atom is 0.307 e. The number of hydrogen-bond donors (Lipinski definition) is 2. The van der Waals surface area contributed by atoms with Gasteiger partial charge in [0.05, 0.1) is 6.42 Å². The Balaban J connectivity index is 3.25. The predicted molar refractivity (Wildman–Crippen MR) is 42.9 cm³/mol. The Morgan fingerprint density at radius 1 is 1.08 bits per heavy atom. The largest absolute Gasteiger partial charge is 0.481 e. The zero-order valence-corrected chi connectivity index (χ0v) is 6.69. The Labute approximate surface area is 70.5 Å². The van der Waals surface area contributed by atoms with Crippen molar-refractivity contribution in [3.05, 3.63) is 12.2 Å². The van der Waals surface area contributed by atoms with Gasteiger partial charge < -0.3 is 10.2 Å². The molecule has 12 heavy (non-hydrogen) atoms. The summed E-state index contributed by atoms with van der Waals surface area (Å²) in [4.78, 5) is 20.0. The normalized spacial score (nSPS) is 10.3. The fraction of sp³-hybridized carbons (Fsp3) is 0.500. The molecule has 0 atom stereocenters. The summed E-state index contributed by atoms with van der Waals surface area (Å²) in [5.74, 6) is -1.69. The smallest absolute Gasteiger partial charge is 0.307 e. The monoisotopic (exact) mass is 172 g/mol. The lowest BCUT2D eigenvalue weighted by Crippen LogP contribution is -1.93. The van der Waals surface area contributed by atoms with Gasteiger partial charge in [-0.2, -0.15) is 0 Å². The molecule has 0 rings (SSSR count). The van der Waals surface area contributed by atoms with E-state index in [9.17, 15) is 9.59 Å². The van der Waals surface area contributed by atoms with E-state index in [0.717, 1.165) is 0 Å². The third-order valence-corrected chi connectivity index (χ3v) is 1.22. The lowest BCUT2D eigenvalue weighted by Gasteiger charge is -1.89. The average molecular weight is 172 g/mol. The second-order valence-electron chi connectivity index (χ2n) is 2.36. The number of carbonyl (C=O) groups is 2. The summed E-state index contributed by atoms with van der Waals surface area (Å²) in [6.07, 6.45) is 4.55. The van der Waals surface area contributed by atoms with Crippen molar-refractivity contribution in [3.8, 4) is 0 Å². The molecular weight excluding hydrogens is 160 g/mol. The van der Waals surface area contributed by atoms with E-state index in [2.05, 4.69) is 0 Å². The summed E-state index contributed by atoms with van der Waals surface area (Å²) in [6, 6.07) is 0. The van der Waals surface area contributed by atoms with Crippen LogP contribution in [0.25, 0.3) is 0 Å². The van der Waals surface area contributed by atoms with Crippen molar-refractivity contribution in [3.63, 3.8) is 0 Å². The van der Waals surface area contributed by atoms with E-state index in [1.54, 1.807) is 6.08 Å². The number of hydrogen-bond acceptors (Lipinski definition) is 2. The molecule has 4 heteroatoms. The first kappa shape index (κ1) is 10.7. The molecule has 0 unspecified atom stereocenters. The van der Waals surface area contributed by atoms with Crippen LogP contribution in [0.15, 0.2) is 12.2 Å². The van der Waals surface area contributed by atoms with Gasteiger partial charge in [-0.25, -0.2) is 0 Å². The Bertz CT molecular complexity index is 183. The lowest BCUT2D eigenvalue weighted by molar-refractivity contribution is -0.137. The first-order valence-corrected chi connectivity index (χ1v) is 3.71. The first-order valence-electron chi connectivity index (χ1n) is 3.71. The highest BCUT2D eigenvalue weighted by atomic mass is 16.4. The molecule has 0 saturated heterocycles. The zero-order chi connectivity index (χ0) is 9.40. The lowest BCUT2D eigenvalue weighted by atomic mass is 10.2. The molecule has 0 radical (unpaired) electrons. The van der Waals surface area contributed by atoms with Gasteiger partial charge in [-0.1, -0.05) is 12.2 Å². The molecule has 0 aliphatic heterocycles. The molecule has 0 amide bonds. The standard InChI is InChI=1S/C8H12O4/c9-7(10)5-3-1-2-4-6-8(11)12/h1,3H,2,4-6H2,(H,9,10)(H,11,12)/b3-1-. The third kappa shape index (κ3) is 8.68. The number of carboxylic acid groups (broad SMARTS) is 2. The fourth-order valence-electron chi connectivity index (χ4n) is 0.673. The van der Waals surface area contributed by atoms with Gasteiger partial charge in [0, 0.05) is 6.42 Å². The molecular formula is C8H12O4. The maximum absolute atomic E-state index is 10.0. The Morgan fingerprint density at radius 3 is 2.25 bits per heavy atom. The van der Waals surface area contributed by atoms with Crippen molar-refractivity contribution in [2.45, 2.75) is 25.7 Å². The number of carboxylic acids is 2. The second kappa shape index (κ2) is 6.39. The van der Waals surface area contributed by atoms with Crippen molar-refractivity contribution >= 4 is 11.9 Å². The van der Waals surface area contributed by atoms with E-state index in [4.69, 9.17) is 10.2 Å². The van der Waals surface area contributed by atoms with Crippen molar-refractivity contribution < 1.29 is 19.8 Å². The van der Waals surface area contributed by atoms with E-state index in [-0.39, 0.29) is 12.8 Å². The molecule has 0 spiro atoms. The molecule has 2 N–H and O–H groups in total. The zero-order valence-electron chi connectivity index (χ0n) is 6.69. The van der Waals surface area contributed by atoms with Gasteiger partial charge in [-0.3, -0.25) is 9.59 Å². The quantitative estimate of drug-likeness (QED) is 0.467. The van der Waals surface area contributed by atoms with Gasteiger partial charge in [-0.15, -0.1) is 0 Å². The van der Waals surface area contributed by atoms with Crippen LogP contribution >= 0.6 is 0 Å². The molecule has 0 aliphatic carbocycles. The summed E-state index contributed by atoms with van der Waals surface area (Å²) in [6.45, 7) is 0. The first-order chi connectivity index (χ1) is 5.63. The van der Waals surface area contributed by atoms with Crippen LogP contribution in [0.2, 0.25) is 0 Å². The van der Waals surface area contributed by atoms with Gasteiger partial charge in [0.25, 0.3) is 0 Å². The van der Waals surface area contributed by atoms with Crippen LogP contribution in [0.4, 0.5) is 0 Å². The maximum atomic E-state index is 10.0. The molecule has 0 fully saturated rings. The molecule has 0 aromatic rings. The van der Waals surface area contributed by atoms with Gasteiger partial charge in [0.2, 0.25) is 0 Å². The number of aliphatic carboxylic acids is 2. The summed E-state index contributed by atoms with van der Waals surface area (Å²) in [5, 5.41) is 16.5. The van der Waals surface area contributed by atoms with Gasteiger partial charge >= 0.3 is 11.9 Å². The summed E-state index contributed by atoms with van der Waals surface area (Å²) < 4.78 is 0. The summed E-state index contributed by atoms with van der Waals surface area (Å²) >= 11 is 0. The van der Waals surface area contributed by atoms with Crippen molar-refractivity contribution in [1.29, 1.82) is 0 Å². The molecule has 0 bridgehead atoms. The average Bonchev–Trinajstić information content (AvgIpc) is 1.95. The minimum Gasteiger partial charge on any atom is -0.481 e. The molecule has 0 aliphatic rings. The van der Waals surface area contributed by atoms with E-state index >= 15 is 0 Å². The minimum atomic E-state index is -0.871. The van der Waals surface area contributed by atoms with Gasteiger partial charge in [0.15, 0.2) is 0 Å². The van der Waals surface area contributed by atoms with Crippen molar-refractivity contribution in [2.24, 2.45) is 0 Å². The van der Waals surface area contributed by atoms with Crippen LogP contribution in [0.5, 0.6) is 0 Å². The molecule has 0 aromatic carbocycles. The van der Waals surface area contributed by atoms with E-state index in [1.807, 2.05) is 0 Å². The molecule has 0 heterocycles. The molecule has 0 aromatic heterocycles. The topological polar surface area (TPSA) is 74.6 Å². The highest BCUT2D eigenvalue weighted by Gasteiger charge is 1.93. The molecule has 0 saturated carbocycles. The molecule has 68 valence electrons. The van der Waals surface area contributed by atoms with Crippen LogP contribution in [-0.4, -0.2) is 22.2 Å². The SMILES string of the molecule is O=C(O)C/C=C\CCCC(=O)O. The van der Waals surface area contributed by atoms with Crippen molar-refractivity contribution in [2.75, 3.05) is 0 Å². The summed E-state index contributed by atoms with van der Waals surface area (Å²) in [5.41, 5.74) is 0. The Hall–Kier alpha value is -1.32. The fourth-order valence-corrected chi connectivity index (χ4v) is 0.673. The number of allylic oxidation sites excluding steroid dienone is 1. The third-order valence-electron chi connectivity index (χ3n) is 1.22. The van der Waals surface area contributed by atoms with E-state index < -0.39 is 11.9 Å². The highest BCUT2D eigenvalue weighted by molar-refractivity contribution is 5.68. The Morgan fingerprint density at radius 2 is 1.75 bits per heavy atom. The highest BCUT2D eigenvalue weighted by Crippen LogP contribution is 1.97. The van der Waals surface area contributed by atoms with Crippen LogP contribution < -0.4 is 0 Å². The number of unbranched alkanes of at least 4 members (excludes halogenated alkanes) is 1. The minimum absolute atomic E-state index is 0.00702. The van der Waals surface area contributed by atoms with E-state index in [0.29, 0.717) is 12.8 Å². The van der Waals surface area contributed by atoms with Crippen molar-refractivity contribution in [1.82, 2.24) is 0 Å². The molecule has 4 nitrogen and oxygen atoms in total. The van der Waals surface area contributed by atoms with Crippen LogP contribution in [0, 0.1) is 0 Å². The van der Waals surface area contributed by atoms with E-state index in [1.165, 1.54) is 6.08 Å². The second-order valence-corrected chi connectivity index (χ2v) is 2.36. The Kier molecular flexibility index (Phi) is 5.69. The van der Waals surface area contributed by atoms with Crippen LogP contribution in [0.1, 0.15) is 25.7 Å². The summed E-state index contributed by atoms with van der Waals surface area (Å²) in [7, 11) is 0. The van der Waals surface area contributed by atoms with Crippen LogP contribution in [-0.2, 0) is 9.59 Å².